The SMILES string of the molecule is CCOCc1nc2c(N)nc(C)cc2n1CCCCNC(=O)c1cccc(C(F)(F)F)c1. The highest BCUT2D eigenvalue weighted by molar-refractivity contribution is 5.94. The fourth-order valence-electron chi connectivity index (χ4n) is 3.41. The smallest absolute Gasteiger partial charge is 0.382 e. The summed E-state index contributed by atoms with van der Waals surface area (Å²) in [5.41, 5.74) is 7.45. The fourth-order valence-corrected chi connectivity index (χ4v) is 3.41. The van der Waals surface area contributed by atoms with E-state index in [1.807, 2.05) is 24.5 Å². The van der Waals surface area contributed by atoms with Crippen LogP contribution in [0, 0.1) is 6.92 Å². The van der Waals surface area contributed by atoms with Gasteiger partial charge >= 0.3 is 6.18 Å². The molecule has 0 atom stereocenters. The topological polar surface area (TPSA) is 95.1 Å². The molecule has 0 unspecified atom stereocenters. The largest absolute Gasteiger partial charge is 0.416 e. The summed E-state index contributed by atoms with van der Waals surface area (Å²) in [4.78, 5) is 21.0. The van der Waals surface area contributed by atoms with Crippen molar-refractivity contribution in [3.8, 4) is 0 Å². The number of rotatable bonds is 9. The van der Waals surface area contributed by atoms with Gasteiger partial charge in [0.25, 0.3) is 5.91 Å². The molecule has 0 saturated heterocycles. The molecule has 0 aliphatic rings. The molecule has 7 nitrogen and oxygen atoms in total. The van der Waals surface area contributed by atoms with Gasteiger partial charge in [0.2, 0.25) is 0 Å². The molecule has 0 bridgehead atoms. The third-order valence-electron chi connectivity index (χ3n) is 4.95. The van der Waals surface area contributed by atoms with Gasteiger partial charge in [-0.1, -0.05) is 6.07 Å². The van der Waals surface area contributed by atoms with Crippen molar-refractivity contribution in [3.05, 3.63) is 53.0 Å². The highest BCUT2D eigenvalue weighted by Crippen LogP contribution is 2.29. The second-order valence-corrected chi connectivity index (χ2v) is 7.37. The summed E-state index contributed by atoms with van der Waals surface area (Å²) >= 11 is 0. The number of alkyl halides is 3. The summed E-state index contributed by atoms with van der Waals surface area (Å²) in [6.45, 7) is 5.62. The lowest BCUT2D eigenvalue weighted by atomic mass is 10.1. The zero-order chi connectivity index (χ0) is 23.3. The summed E-state index contributed by atoms with van der Waals surface area (Å²) in [6.07, 6.45) is -3.13. The second kappa shape index (κ2) is 9.99. The number of aromatic nitrogens is 3. The van der Waals surface area contributed by atoms with Gasteiger partial charge in [0, 0.05) is 31.0 Å². The van der Waals surface area contributed by atoms with Gasteiger partial charge in [0.1, 0.15) is 17.9 Å². The van der Waals surface area contributed by atoms with Crippen LogP contribution < -0.4 is 11.1 Å². The number of nitrogens with one attached hydrogen (secondary N) is 1. The first kappa shape index (κ1) is 23.5. The summed E-state index contributed by atoms with van der Waals surface area (Å²) in [6, 6.07) is 6.31. The molecule has 32 heavy (non-hydrogen) atoms. The zero-order valence-corrected chi connectivity index (χ0v) is 18.0. The van der Waals surface area contributed by atoms with Crippen molar-refractivity contribution in [2.24, 2.45) is 0 Å². The highest BCUT2D eigenvalue weighted by Gasteiger charge is 2.30. The average Bonchev–Trinajstić information content (AvgIpc) is 3.09. The molecule has 2 aromatic heterocycles. The highest BCUT2D eigenvalue weighted by atomic mass is 19.4. The van der Waals surface area contributed by atoms with Crippen LogP contribution >= 0.6 is 0 Å². The number of ether oxygens (including phenoxy) is 1. The molecule has 0 saturated carbocycles. The molecule has 172 valence electrons. The van der Waals surface area contributed by atoms with Crippen molar-refractivity contribution in [1.82, 2.24) is 19.9 Å². The monoisotopic (exact) mass is 449 g/mol. The van der Waals surface area contributed by atoms with Crippen molar-refractivity contribution in [2.45, 2.75) is 46.0 Å². The van der Waals surface area contributed by atoms with Gasteiger partial charge in [0.15, 0.2) is 5.82 Å². The van der Waals surface area contributed by atoms with Gasteiger partial charge in [-0.2, -0.15) is 13.2 Å². The van der Waals surface area contributed by atoms with Crippen LogP contribution in [0.1, 0.15) is 47.2 Å². The number of amides is 1. The van der Waals surface area contributed by atoms with Crippen LogP contribution in [-0.2, 0) is 24.1 Å². The number of carbonyl (C=O) groups excluding carboxylic acids is 1. The van der Waals surface area contributed by atoms with Crippen molar-refractivity contribution >= 4 is 22.8 Å². The van der Waals surface area contributed by atoms with Crippen LogP contribution in [0.5, 0.6) is 0 Å². The number of halogens is 3. The second-order valence-electron chi connectivity index (χ2n) is 7.37. The Morgan fingerprint density at radius 2 is 2.00 bits per heavy atom. The van der Waals surface area contributed by atoms with Crippen LogP contribution in [-0.4, -0.2) is 33.6 Å². The van der Waals surface area contributed by atoms with E-state index in [4.69, 9.17) is 10.5 Å². The van der Waals surface area contributed by atoms with Crippen molar-refractivity contribution < 1.29 is 22.7 Å². The van der Waals surface area contributed by atoms with Crippen LogP contribution in [0.3, 0.4) is 0 Å². The zero-order valence-electron chi connectivity index (χ0n) is 18.0. The fraction of sp³-hybridized carbons (Fsp3) is 0.409. The number of hydrogen-bond acceptors (Lipinski definition) is 5. The number of anilines is 1. The minimum atomic E-state index is -4.49. The lowest BCUT2D eigenvalue weighted by Gasteiger charge is -2.11. The van der Waals surface area contributed by atoms with Gasteiger partial charge in [-0.05, 0) is 51.0 Å². The third kappa shape index (κ3) is 5.56. The molecule has 3 rings (SSSR count). The molecule has 2 heterocycles. The van der Waals surface area contributed by atoms with Gasteiger partial charge in [-0.3, -0.25) is 4.79 Å². The summed E-state index contributed by atoms with van der Waals surface area (Å²) in [5.74, 6) is 0.578. The molecule has 10 heteroatoms. The Morgan fingerprint density at radius 1 is 1.22 bits per heavy atom. The standard InChI is InChI=1S/C22H26F3N5O2/c1-3-32-13-18-29-19-17(11-14(2)28-20(19)26)30(18)10-5-4-9-27-21(31)15-7-6-8-16(12-15)22(23,24)25/h6-8,11-12H,3-5,9-10,13H2,1-2H3,(H2,26,28)(H,27,31). The maximum Gasteiger partial charge on any atom is 0.416 e. The lowest BCUT2D eigenvalue weighted by Crippen LogP contribution is -2.25. The van der Waals surface area contributed by atoms with E-state index in [2.05, 4.69) is 15.3 Å². The van der Waals surface area contributed by atoms with E-state index in [9.17, 15) is 18.0 Å². The molecule has 0 aliphatic carbocycles. The Kier molecular flexibility index (Phi) is 7.34. The van der Waals surface area contributed by atoms with E-state index in [0.29, 0.717) is 50.5 Å². The number of nitrogen functional groups attached to an aromatic ring is 1. The van der Waals surface area contributed by atoms with Crippen molar-refractivity contribution in [2.75, 3.05) is 18.9 Å². The quantitative estimate of drug-likeness (QED) is 0.480. The van der Waals surface area contributed by atoms with Crippen LogP contribution in [0.4, 0.5) is 19.0 Å². The Balaban J connectivity index is 1.60. The molecular weight excluding hydrogens is 423 g/mol. The summed E-state index contributed by atoms with van der Waals surface area (Å²) < 4.78 is 46.0. The molecular formula is C22H26F3N5O2. The number of hydrogen-bond donors (Lipinski definition) is 2. The number of carbonyl (C=O) groups is 1. The van der Waals surface area contributed by atoms with Gasteiger partial charge in [-0.25, -0.2) is 9.97 Å². The minimum Gasteiger partial charge on any atom is -0.382 e. The number of nitrogens with zero attached hydrogens (tertiary/aromatic N) is 3. The first-order valence-electron chi connectivity index (χ1n) is 10.4. The first-order chi connectivity index (χ1) is 15.2. The number of fused-ring (bicyclic) bond motifs is 1. The molecule has 3 N–H and O–H groups in total. The third-order valence-corrected chi connectivity index (χ3v) is 4.95. The Bertz CT molecular complexity index is 1100. The Labute approximate surface area is 183 Å². The number of benzene rings is 1. The van der Waals surface area contributed by atoms with E-state index in [-0.39, 0.29) is 5.56 Å². The van der Waals surface area contributed by atoms with E-state index >= 15 is 0 Å². The van der Waals surface area contributed by atoms with Crippen molar-refractivity contribution in [3.63, 3.8) is 0 Å². The molecule has 1 amide bonds. The van der Waals surface area contributed by atoms with Gasteiger partial charge in [-0.15, -0.1) is 0 Å². The molecule has 0 fully saturated rings. The number of unbranched alkanes of at least 4 members (excludes halogenated alkanes) is 1. The van der Waals surface area contributed by atoms with Crippen LogP contribution in [0.25, 0.3) is 11.0 Å². The predicted molar refractivity (Wildman–Crippen MR) is 115 cm³/mol. The number of pyridine rings is 1. The maximum atomic E-state index is 12.8. The number of imidazole rings is 1. The molecule has 3 aromatic rings. The number of nitrogens with two attached hydrogens (primary N) is 1. The van der Waals surface area contributed by atoms with E-state index in [1.54, 1.807) is 0 Å². The summed E-state index contributed by atoms with van der Waals surface area (Å²) in [7, 11) is 0. The molecule has 0 spiro atoms. The lowest BCUT2D eigenvalue weighted by molar-refractivity contribution is -0.137. The molecule has 1 aromatic carbocycles. The first-order valence-corrected chi connectivity index (χ1v) is 10.4. The Morgan fingerprint density at radius 3 is 2.72 bits per heavy atom. The average molecular weight is 449 g/mol. The van der Waals surface area contributed by atoms with Crippen LogP contribution in [0.2, 0.25) is 0 Å². The van der Waals surface area contributed by atoms with E-state index < -0.39 is 17.6 Å². The summed E-state index contributed by atoms with van der Waals surface area (Å²) in [5, 5.41) is 2.68. The van der Waals surface area contributed by atoms with Crippen molar-refractivity contribution in [1.29, 1.82) is 0 Å². The van der Waals surface area contributed by atoms with Gasteiger partial charge in [0.05, 0.1) is 11.1 Å². The van der Waals surface area contributed by atoms with E-state index in [1.165, 1.54) is 12.1 Å². The minimum absolute atomic E-state index is 0.0159. The molecule has 0 radical (unpaired) electrons. The normalized spacial score (nSPS) is 11.8. The Hall–Kier alpha value is -3.14. The predicted octanol–water partition coefficient (Wildman–Crippen LogP) is 4.09. The number of aryl methyl sites for hydroxylation is 2. The molecule has 0 aliphatic heterocycles. The van der Waals surface area contributed by atoms with E-state index in [0.717, 1.165) is 29.2 Å². The van der Waals surface area contributed by atoms with Gasteiger partial charge < -0.3 is 20.4 Å². The van der Waals surface area contributed by atoms with Crippen LogP contribution in [0.15, 0.2) is 30.3 Å². The maximum absolute atomic E-state index is 12.8.